The highest BCUT2D eigenvalue weighted by atomic mass is 32.2. The average molecular weight is 379 g/mol. The van der Waals surface area contributed by atoms with Crippen molar-refractivity contribution in [2.45, 2.75) is 18.8 Å². The molecule has 0 N–H and O–H groups in total. The van der Waals surface area contributed by atoms with Crippen LogP contribution in [-0.2, 0) is 14.9 Å². The molecule has 1 aromatic rings. The first kappa shape index (κ1) is 16.9. The average Bonchev–Trinajstić information content (AvgIpc) is 3.32. The highest BCUT2D eigenvalue weighted by Crippen LogP contribution is 2.40. The number of nitrogens with zero attached hydrogens (tertiary/aromatic N) is 5. The fourth-order valence-corrected chi connectivity index (χ4v) is 6.10. The van der Waals surface area contributed by atoms with Gasteiger partial charge in [-0.1, -0.05) is 0 Å². The number of hydrogen-bond acceptors (Lipinski definition) is 6. The number of hydrogen-bond donors (Lipinski definition) is 0. The summed E-state index contributed by atoms with van der Waals surface area (Å²) in [6.07, 6.45) is 4.14. The molecule has 2 atom stereocenters. The second kappa shape index (κ2) is 6.40. The monoisotopic (exact) mass is 379 g/mol. The molecule has 3 aliphatic heterocycles. The van der Waals surface area contributed by atoms with Crippen molar-refractivity contribution in [3.63, 3.8) is 0 Å². The molecule has 0 amide bonds. The van der Waals surface area contributed by atoms with E-state index in [1.54, 1.807) is 14.9 Å². The number of morpholine rings is 1. The van der Waals surface area contributed by atoms with Gasteiger partial charge in [0.05, 0.1) is 13.2 Å². The first-order valence-electron chi connectivity index (χ1n) is 9.51. The zero-order valence-electron chi connectivity index (χ0n) is 14.8. The van der Waals surface area contributed by atoms with Gasteiger partial charge in [0, 0.05) is 56.9 Å². The fourth-order valence-electron chi connectivity index (χ4n) is 4.40. The van der Waals surface area contributed by atoms with Crippen LogP contribution in [0.3, 0.4) is 0 Å². The summed E-state index contributed by atoms with van der Waals surface area (Å²) in [6.45, 7) is 4.89. The van der Waals surface area contributed by atoms with Crippen molar-refractivity contribution < 1.29 is 13.2 Å². The SMILES string of the molecule is O=S(=O)(N1CCOCC1)N1CC2CN(c3cc(C4CC4)ncn3)CC2C1. The summed E-state index contributed by atoms with van der Waals surface area (Å²) >= 11 is 0. The number of rotatable bonds is 4. The van der Waals surface area contributed by atoms with Crippen molar-refractivity contribution in [2.24, 2.45) is 11.8 Å². The summed E-state index contributed by atoms with van der Waals surface area (Å²) in [6, 6.07) is 2.13. The minimum atomic E-state index is -3.35. The van der Waals surface area contributed by atoms with Gasteiger partial charge in [-0.25, -0.2) is 9.97 Å². The maximum Gasteiger partial charge on any atom is 0.282 e. The summed E-state index contributed by atoms with van der Waals surface area (Å²) in [4.78, 5) is 11.2. The van der Waals surface area contributed by atoms with E-state index >= 15 is 0 Å². The van der Waals surface area contributed by atoms with Crippen LogP contribution in [0.25, 0.3) is 0 Å². The van der Waals surface area contributed by atoms with Crippen molar-refractivity contribution in [1.29, 1.82) is 0 Å². The zero-order valence-corrected chi connectivity index (χ0v) is 15.6. The van der Waals surface area contributed by atoms with Crippen molar-refractivity contribution in [3.05, 3.63) is 18.1 Å². The van der Waals surface area contributed by atoms with Crippen LogP contribution in [0.15, 0.2) is 12.4 Å². The van der Waals surface area contributed by atoms with Crippen LogP contribution in [-0.4, -0.2) is 79.5 Å². The molecule has 9 heteroatoms. The van der Waals surface area contributed by atoms with Gasteiger partial charge >= 0.3 is 0 Å². The molecule has 4 fully saturated rings. The number of aromatic nitrogens is 2. The van der Waals surface area contributed by atoms with E-state index in [2.05, 4.69) is 20.9 Å². The Balaban J connectivity index is 1.25. The summed E-state index contributed by atoms with van der Waals surface area (Å²) in [5.41, 5.74) is 1.16. The molecule has 1 aliphatic carbocycles. The molecule has 4 aliphatic rings. The molecule has 0 radical (unpaired) electrons. The zero-order chi connectivity index (χ0) is 17.7. The first-order valence-corrected chi connectivity index (χ1v) is 10.9. The number of fused-ring (bicyclic) bond motifs is 1. The van der Waals surface area contributed by atoms with Crippen LogP contribution < -0.4 is 4.90 Å². The van der Waals surface area contributed by atoms with Gasteiger partial charge in [0.1, 0.15) is 12.1 Å². The quantitative estimate of drug-likeness (QED) is 0.749. The largest absolute Gasteiger partial charge is 0.379 e. The molecule has 1 aromatic heterocycles. The Morgan fingerprint density at radius 3 is 2.31 bits per heavy atom. The third-order valence-corrected chi connectivity index (χ3v) is 8.04. The Hall–Kier alpha value is -1.29. The van der Waals surface area contributed by atoms with E-state index in [0.29, 0.717) is 57.1 Å². The topological polar surface area (TPSA) is 78.9 Å². The van der Waals surface area contributed by atoms with Gasteiger partial charge in [-0.15, -0.1) is 0 Å². The van der Waals surface area contributed by atoms with Gasteiger partial charge < -0.3 is 9.64 Å². The summed E-state index contributed by atoms with van der Waals surface area (Å²) in [5, 5.41) is 0. The summed E-state index contributed by atoms with van der Waals surface area (Å²) < 4.78 is 34.3. The van der Waals surface area contributed by atoms with E-state index in [0.717, 1.165) is 24.6 Å². The van der Waals surface area contributed by atoms with Gasteiger partial charge in [0.2, 0.25) is 0 Å². The molecule has 0 spiro atoms. The lowest BCUT2D eigenvalue weighted by Gasteiger charge is -2.31. The van der Waals surface area contributed by atoms with E-state index in [-0.39, 0.29) is 0 Å². The lowest BCUT2D eigenvalue weighted by molar-refractivity contribution is 0.0705. The predicted molar refractivity (Wildman–Crippen MR) is 96.1 cm³/mol. The normalized spacial score (nSPS) is 30.7. The Morgan fingerprint density at radius 2 is 1.65 bits per heavy atom. The molecule has 8 nitrogen and oxygen atoms in total. The second-order valence-electron chi connectivity index (χ2n) is 7.84. The van der Waals surface area contributed by atoms with Crippen LogP contribution in [0.1, 0.15) is 24.5 Å². The van der Waals surface area contributed by atoms with Crippen LogP contribution in [0, 0.1) is 11.8 Å². The van der Waals surface area contributed by atoms with E-state index in [1.165, 1.54) is 12.8 Å². The Kier molecular flexibility index (Phi) is 4.15. The van der Waals surface area contributed by atoms with Crippen LogP contribution in [0.4, 0.5) is 5.82 Å². The van der Waals surface area contributed by atoms with Crippen LogP contribution >= 0.6 is 0 Å². The van der Waals surface area contributed by atoms with Gasteiger partial charge in [-0.05, 0) is 24.7 Å². The second-order valence-corrected chi connectivity index (χ2v) is 9.77. The molecule has 3 saturated heterocycles. The van der Waals surface area contributed by atoms with E-state index in [9.17, 15) is 8.42 Å². The Bertz CT molecular complexity index is 764. The van der Waals surface area contributed by atoms with Gasteiger partial charge in [-0.2, -0.15) is 17.0 Å². The van der Waals surface area contributed by atoms with Crippen LogP contribution in [0.2, 0.25) is 0 Å². The third-order valence-electron chi connectivity index (χ3n) is 6.07. The van der Waals surface area contributed by atoms with Crippen molar-refractivity contribution >= 4 is 16.0 Å². The number of ether oxygens (including phenoxy) is 1. The van der Waals surface area contributed by atoms with Crippen molar-refractivity contribution in [1.82, 2.24) is 18.6 Å². The Labute approximate surface area is 154 Å². The molecule has 26 heavy (non-hydrogen) atoms. The molecule has 142 valence electrons. The van der Waals surface area contributed by atoms with E-state index < -0.39 is 10.2 Å². The molecule has 4 heterocycles. The predicted octanol–water partition coefficient (Wildman–Crippen LogP) is 0.299. The molecule has 5 rings (SSSR count). The van der Waals surface area contributed by atoms with E-state index in [1.807, 2.05) is 0 Å². The third kappa shape index (κ3) is 3.00. The van der Waals surface area contributed by atoms with Gasteiger partial charge in [-0.3, -0.25) is 0 Å². The molecule has 2 unspecified atom stereocenters. The molecule has 1 saturated carbocycles. The lowest BCUT2D eigenvalue weighted by Crippen LogP contribution is -2.48. The maximum atomic E-state index is 12.9. The fraction of sp³-hybridized carbons (Fsp3) is 0.765. The molecule has 0 aromatic carbocycles. The summed E-state index contributed by atoms with van der Waals surface area (Å²) in [5.74, 6) is 2.38. The minimum absolute atomic E-state index is 0.380. The maximum absolute atomic E-state index is 12.9. The molecule has 0 bridgehead atoms. The first-order chi connectivity index (χ1) is 12.6. The van der Waals surface area contributed by atoms with E-state index in [4.69, 9.17) is 4.74 Å². The standard InChI is InChI=1S/C17H25N5O3S/c23-26(24,21-3-5-25-6-4-21)22-10-14-8-20(9-15(14)11-22)17-7-16(13-1-2-13)18-12-19-17/h7,12-15H,1-6,8-11H2. The Morgan fingerprint density at radius 1 is 0.962 bits per heavy atom. The highest BCUT2D eigenvalue weighted by Gasteiger charge is 2.46. The van der Waals surface area contributed by atoms with Crippen molar-refractivity contribution in [2.75, 3.05) is 57.4 Å². The molecular weight excluding hydrogens is 354 g/mol. The number of anilines is 1. The van der Waals surface area contributed by atoms with Gasteiger partial charge in [0.25, 0.3) is 10.2 Å². The van der Waals surface area contributed by atoms with Gasteiger partial charge in [0.15, 0.2) is 0 Å². The van der Waals surface area contributed by atoms with Crippen molar-refractivity contribution in [3.8, 4) is 0 Å². The highest BCUT2D eigenvalue weighted by molar-refractivity contribution is 7.86. The smallest absolute Gasteiger partial charge is 0.282 e. The lowest BCUT2D eigenvalue weighted by atomic mass is 10.0. The minimum Gasteiger partial charge on any atom is -0.379 e. The summed E-state index contributed by atoms with van der Waals surface area (Å²) in [7, 11) is -3.35. The molecular formula is C17H25N5O3S. The van der Waals surface area contributed by atoms with Crippen LogP contribution in [0.5, 0.6) is 0 Å².